The number of hydrogen-bond donors (Lipinski definition) is 0. The number of nitrogens with zero attached hydrogens (tertiary/aromatic N) is 4. The van der Waals surface area contributed by atoms with Gasteiger partial charge in [0.2, 0.25) is 0 Å². The molecule has 0 spiro atoms. The molecule has 8 heteroatoms. The van der Waals surface area contributed by atoms with Gasteiger partial charge in [-0.25, -0.2) is 14.4 Å². The number of rotatable bonds is 4. The molecule has 1 amide bonds. The van der Waals surface area contributed by atoms with Gasteiger partial charge in [-0.2, -0.15) is 0 Å². The van der Waals surface area contributed by atoms with Gasteiger partial charge >= 0.3 is 0 Å². The summed E-state index contributed by atoms with van der Waals surface area (Å²) in [7, 11) is 0. The zero-order valence-electron chi connectivity index (χ0n) is 15.5. The molecule has 4 heterocycles. The van der Waals surface area contributed by atoms with Gasteiger partial charge in [-0.05, 0) is 30.7 Å². The van der Waals surface area contributed by atoms with Gasteiger partial charge in [-0.1, -0.05) is 23.7 Å². The molecule has 2 aliphatic heterocycles. The van der Waals surface area contributed by atoms with Crippen LogP contribution in [0.5, 0.6) is 0 Å². The van der Waals surface area contributed by atoms with E-state index in [0.717, 1.165) is 35.9 Å². The number of carbonyl (C=O) groups is 1. The van der Waals surface area contributed by atoms with E-state index in [4.69, 9.17) is 16.6 Å². The van der Waals surface area contributed by atoms with Crippen LogP contribution in [0.4, 0.5) is 4.39 Å². The number of aromatic nitrogens is 2. The van der Waals surface area contributed by atoms with Crippen LogP contribution in [0.15, 0.2) is 48.0 Å². The van der Waals surface area contributed by atoms with E-state index < -0.39 is 5.82 Å². The van der Waals surface area contributed by atoms with Crippen molar-refractivity contribution >= 4 is 28.8 Å². The summed E-state index contributed by atoms with van der Waals surface area (Å²) in [6, 6.07) is 10.9. The normalized spacial score (nSPS) is 21.1. The number of thiazole rings is 1. The predicted molar refractivity (Wildman–Crippen MR) is 110 cm³/mol. The Balaban J connectivity index is 1.28. The summed E-state index contributed by atoms with van der Waals surface area (Å²) in [5.74, 6) is -0.914. The van der Waals surface area contributed by atoms with Gasteiger partial charge in [-0.3, -0.25) is 9.69 Å². The zero-order chi connectivity index (χ0) is 20.0. The van der Waals surface area contributed by atoms with Crippen LogP contribution in [0.25, 0.3) is 10.7 Å². The average Bonchev–Trinajstić information content (AvgIpc) is 3.47. The molecule has 148 valence electrons. The third-order valence-electron chi connectivity index (χ3n) is 5.62. The Kier molecular flexibility index (Phi) is 4.81. The highest BCUT2D eigenvalue weighted by Gasteiger charge is 2.45. The summed E-state index contributed by atoms with van der Waals surface area (Å²) < 4.78 is 14.3. The van der Waals surface area contributed by atoms with Gasteiger partial charge in [0.25, 0.3) is 5.91 Å². The number of hydrogen-bond acceptors (Lipinski definition) is 5. The maximum atomic E-state index is 14.3. The van der Waals surface area contributed by atoms with E-state index in [-0.39, 0.29) is 28.6 Å². The van der Waals surface area contributed by atoms with Gasteiger partial charge < -0.3 is 4.90 Å². The Morgan fingerprint density at radius 2 is 2.07 bits per heavy atom. The molecule has 5 rings (SSSR count). The number of likely N-dealkylation sites (tertiary alicyclic amines) is 2. The minimum atomic E-state index is -0.637. The highest BCUT2D eigenvalue weighted by molar-refractivity contribution is 7.13. The van der Waals surface area contributed by atoms with Crippen molar-refractivity contribution in [2.24, 2.45) is 0 Å². The van der Waals surface area contributed by atoms with Crippen LogP contribution in [0, 0.1) is 5.82 Å². The number of halogens is 2. The zero-order valence-corrected chi connectivity index (χ0v) is 17.0. The van der Waals surface area contributed by atoms with Crippen molar-refractivity contribution in [1.82, 2.24) is 19.8 Å². The lowest BCUT2D eigenvalue weighted by molar-refractivity contribution is 0.0610. The maximum absolute atomic E-state index is 14.3. The topological polar surface area (TPSA) is 49.3 Å². The first-order valence-electron chi connectivity index (χ1n) is 9.45. The van der Waals surface area contributed by atoms with Crippen LogP contribution < -0.4 is 0 Å². The largest absolute Gasteiger partial charge is 0.333 e. The van der Waals surface area contributed by atoms with Crippen molar-refractivity contribution < 1.29 is 9.18 Å². The van der Waals surface area contributed by atoms with E-state index in [1.54, 1.807) is 28.5 Å². The van der Waals surface area contributed by atoms with Crippen molar-refractivity contribution in [2.75, 3.05) is 13.1 Å². The Hall–Kier alpha value is -2.35. The predicted octanol–water partition coefficient (Wildman–Crippen LogP) is 4.10. The van der Waals surface area contributed by atoms with Crippen LogP contribution in [-0.4, -0.2) is 50.8 Å². The first-order valence-corrected chi connectivity index (χ1v) is 10.7. The SMILES string of the molecule is O=C(c1cccc(Cl)c1F)N1CC2CC1CN2Cc1cccc(-c2nccs2)n1. The molecule has 2 saturated heterocycles. The molecule has 1 aromatic carbocycles. The molecular formula is C21H18ClFN4OS. The summed E-state index contributed by atoms with van der Waals surface area (Å²) in [4.78, 5) is 26.1. The third-order valence-corrected chi connectivity index (χ3v) is 6.71. The van der Waals surface area contributed by atoms with Crippen LogP contribution in [-0.2, 0) is 6.54 Å². The molecule has 2 atom stereocenters. The van der Waals surface area contributed by atoms with Crippen LogP contribution in [0.1, 0.15) is 22.5 Å². The van der Waals surface area contributed by atoms with Crippen LogP contribution in [0.3, 0.4) is 0 Å². The summed E-state index contributed by atoms with van der Waals surface area (Å²) in [6.07, 6.45) is 2.68. The van der Waals surface area contributed by atoms with Crippen LogP contribution >= 0.6 is 22.9 Å². The fourth-order valence-electron chi connectivity index (χ4n) is 4.26. The lowest BCUT2D eigenvalue weighted by atomic mass is 10.1. The van der Waals surface area contributed by atoms with Crippen molar-refractivity contribution in [3.63, 3.8) is 0 Å². The van der Waals surface area contributed by atoms with E-state index in [1.165, 1.54) is 12.1 Å². The van der Waals surface area contributed by atoms with Crippen LogP contribution in [0.2, 0.25) is 5.02 Å². The van der Waals surface area contributed by atoms with Crippen molar-refractivity contribution in [2.45, 2.75) is 25.0 Å². The third kappa shape index (κ3) is 3.43. The number of carbonyl (C=O) groups excluding carboxylic acids is 1. The Morgan fingerprint density at radius 1 is 1.21 bits per heavy atom. The molecule has 2 unspecified atom stereocenters. The molecule has 2 aromatic heterocycles. The second-order valence-electron chi connectivity index (χ2n) is 7.38. The van der Waals surface area contributed by atoms with Gasteiger partial charge in [0, 0.05) is 43.3 Å². The number of piperazine rings is 1. The van der Waals surface area contributed by atoms with E-state index in [9.17, 15) is 9.18 Å². The highest BCUT2D eigenvalue weighted by atomic mass is 35.5. The van der Waals surface area contributed by atoms with Gasteiger partial charge in [0.1, 0.15) is 5.01 Å². The Bertz CT molecular complexity index is 1060. The van der Waals surface area contributed by atoms with Crippen molar-refractivity contribution in [3.05, 3.63) is 70.1 Å². The molecule has 2 fully saturated rings. The fraction of sp³-hybridized carbons (Fsp3) is 0.286. The van der Waals surface area contributed by atoms with E-state index >= 15 is 0 Å². The molecule has 2 bridgehead atoms. The molecule has 29 heavy (non-hydrogen) atoms. The summed E-state index contributed by atoms with van der Waals surface area (Å²) in [5.41, 5.74) is 1.92. The molecule has 0 N–H and O–H groups in total. The number of benzene rings is 1. The summed E-state index contributed by atoms with van der Waals surface area (Å²) >= 11 is 7.41. The smallest absolute Gasteiger partial charge is 0.257 e. The van der Waals surface area contributed by atoms with Crippen molar-refractivity contribution in [3.8, 4) is 10.7 Å². The monoisotopic (exact) mass is 428 g/mol. The fourth-order valence-corrected chi connectivity index (χ4v) is 5.04. The first-order chi connectivity index (χ1) is 14.1. The molecule has 3 aromatic rings. The van der Waals surface area contributed by atoms with E-state index in [1.807, 2.05) is 23.6 Å². The average molecular weight is 429 g/mol. The lowest BCUT2D eigenvalue weighted by Gasteiger charge is -2.34. The minimum absolute atomic E-state index is 0.0204. The van der Waals surface area contributed by atoms with E-state index in [0.29, 0.717) is 6.54 Å². The lowest BCUT2D eigenvalue weighted by Crippen LogP contribution is -2.48. The highest BCUT2D eigenvalue weighted by Crippen LogP contribution is 2.33. The summed E-state index contributed by atoms with van der Waals surface area (Å²) in [6.45, 7) is 2.09. The maximum Gasteiger partial charge on any atom is 0.257 e. The number of fused-ring (bicyclic) bond motifs is 2. The number of amides is 1. The molecule has 5 nitrogen and oxygen atoms in total. The molecule has 2 aliphatic rings. The van der Waals surface area contributed by atoms with Gasteiger partial charge in [0.15, 0.2) is 5.82 Å². The molecule has 0 saturated carbocycles. The molecular weight excluding hydrogens is 411 g/mol. The second kappa shape index (κ2) is 7.48. The standard InChI is InChI=1S/C21H18ClFN4OS/c22-17-5-2-4-16(19(17)23)21(28)27-12-14-9-15(27)11-26(14)10-13-3-1-6-18(25-13)20-24-7-8-29-20/h1-8,14-15H,9-12H2. The Morgan fingerprint density at radius 3 is 2.83 bits per heavy atom. The van der Waals surface area contributed by atoms with Gasteiger partial charge in [0.05, 0.1) is 22.0 Å². The van der Waals surface area contributed by atoms with Crippen molar-refractivity contribution in [1.29, 1.82) is 0 Å². The minimum Gasteiger partial charge on any atom is -0.333 e. The van der Waals surface area contributed by atoms with E-state index in [2.05, 4.69) is 9.88 Å². The molecule has 0 radical (unpaired) electrons. The van der Waals surface area contributed by atoms with Gasteiger partial charge in [-0.15, -0.1) is 11.3 Å². The quantitative estimate of drug-likeness (QED) is 0.627. The number of pyridine rings is 1. The molecule has 0 aliphatic carbocycles. The summed E-state index contributed by atoms with van der Waals surface area (Å²) in [5, 5.41) is 2.83. The second-order valence-corrected chi connectivity index (χ2v) is 8.68. The first kappa shape index (κ1) is 18.7. The Labute approximate surface area is 176 Å².